The van der Waals surface area contributed by atoms with Crippen LogP contribution in [0.3, 0.4) is 0 Å². The van der Waals surface area contributed by atoms with E-state index in [0.29, 0.717) is 16.1 Å². The normalized spacial score (nSPS) is 10.7. The number of rotatable bonds is 6. The second-order valence-corrected chi connectivity index (χ2v) is 7.15. The van der Waals surface area contributed by atoms with Gasteiger partial charge in [-0.25, -0.2) is 9.37 Å². The molecule has 0 aliphatic heterocycles. The van der Waals surface area contributed by atoms with Crippen LogP contribution < -0.4 is 14.9 Å². The van der Waals surface area contributed by atoms with Gasteiger partial charge in [-0.2, -0.15) is 0 Å². The molecule has 0 aliphatic carbocycles. The Morgan fingerprint density at radius 2 is 2.14 bits per heavy atom. The van der Waals surface area contributed by atoms with E-state index < -0.39 is 11.7 Å². The van der Waals surface area contributed by atoms with Crippen molar-refractivity contribution >= 4 is 17.2 Å². The van der Waals surface area contributed by atoms with E-state index in [9.17, 15) is 19.1 Å². The van der Waals surface area contributed by atoms with E-state index in [-0.39, 0.29) is 40.7 Å². The number of nitrogens with zero attached hydrogens (tertiary/aromatic N) is 1. The fourth-order valence-electron chi connectivity index (χ4n) is 2.66. The third-order valence-corrected chi connectivity index (χ3v) is 4.92. The van der Waals surface area contributed by atoms with Crippen LogP contribution in [0.15, 0.2) is 35.1 Å². The molecule has 0 saturated heterocycles. The molecule has 0 fully saturated rings. The molecule has 28 heavy (non-hydrogen) atoms. The molecule has 0 aliphatic rings. The summed E-state index contributed by atoms with van der Waals surface area (Å²) in [5.41, 5.74) is 1.95. The SMILES string of the molecule is COc1nc(C)ccc1C(=O)NCc1cc(Cc2sc(=O)[nH]c2O)ccc1F. The quantitative estimate of drug-likeness (QED) is 0.587. The first-order chi connectivity index (χ1) is 13.4. The minimum absolute atomic E-state index is 0.0368. The smallest absolute Gasteiger partial charge is 0.307 e. The van der Waals surface area contributed by atoms with E-state index in [4.69, 9.17) is 4.74 Å². The number of H-pyrrole nitrogens is 1. The molecule has 0 unspecified atom stereocenters. The molecule has 2 aromatic heterocycles. The number of halogens is 1. The predicted molar refractivity (Wildman–Crippen MR) is 103 cm³/mol. The number of nitrogens with one attached hydrogen (secondary N) is 2. The summed E-state index contributed by atoms with van der Waals surface area (Å²) in [5, 5.41) is 12.3. The standard InChI is InChI=1S/C19H18FN3O4S/c1-10-3-5-13(18(22-10)27-2)16(24)21-9-12-7-11(4-6-14(12)20)8-15-17(25)23-19(26)28-15/h3-7,25H,8-9H2,1-2H3,(H,21,24)(H,23,26). The molecule has 7 nitrogen and oxygen atoms in total. The van der Waals surface area contributed by atoms with Crippen LogP contribution in [0.5, 0.6) is 11.8 Å². The number of pyridine rings is 1. The van der Waals surface area contributed by atoms with Crippen molar-refractivity contribution in [2.45, 2.75) is 19.9 Å². The first-order valence-corrected chi connectivity index (χ1v) is 9.17. The Morgan fingerprint density at radius 3 is 2.82 bits per heavy atom. The summed E-state index contributed by atoms with van der Waals surface area (Å²) < 4.78 is 19.3. The lowest BCUT2D eigenvalue weighted by Crippen LogP contribution is -2.24. The average molecular weight is 403 g/mol. The molecule has 0 spiro atoms. The van der Waals surface area contributed by atoms with Crippen LogP contribution >= 0.6 is 11.3 Å². The summed E-state index contributed by atoms with van der Waals surface area (Å²) in [6.45, 7) is 1.74. The highest BCUT2D eigenvalue weighted by molar-refractivity contribution is 7.09. The number of carbonyl (C=O) groups excluding carboxylic acids is 1. The van der Waals surface area contributed by atoms with Crippen LogP contribution in [0.1, 0.15) is 32.1 Å². The van der Waals surface area contributed by atoms with Gasteiger partial charge in [-0.1, -0.05) is 23.5 Å². The lowest BCUT2D eigenvalue weighted by atomic mass is 10.1. The lowest BCUT2D eigenvalue weighted by Gasteiger charge is -2.11. The number of aromatic amines is 1. The maximum absolute atomic E-state index is 14.2. The topological polar surface area (TPSA) is 104 Å². The zero-order chi connectivity index (χ0) is 20.3. The van der Waals surface area contributed by atoms with Crippen molar-refractivity contribution in [3.63, 3.8) is 0 Å². The highest BCUT2D eigenvalue weighted by Gasteiger charge is 2.15. The van der Waals surface area contributed by atoms with Crippen molar-refractivity contribution < 1.29 is 19.0 Å². The average Bonchev–Trinajstić information content (AvgIpc) is 2.98. The molecule has 3 rings (SSSR count). The fraction of sp³-hybridized carbons (Fsp3) is 0.211. The number of carbonyl (C=O) groups is 1. The number of methoxy groups -OCH3 is 1. The number of aromatic hydroxyl groups is 1. The zero-order valence-corrected chi connectivity index (χ0v) is 16.0. The zero-order valence-electron chi connectivity index (χ0n) is 15.2. The molecule has 0 bridgehead atoms. The van der Waals surface area contributed by atoms with Crippen molar-refractivity contribution in [3.05, 3.63) is 73.1 Å². The number of thiazole rings is 1. The summed E-state index contributed by atoms with van der Waals surface area (Å²) in [7, 11) is 1.42. The second-order valence-electron chi connectivity index (χ2n) is 6.08. The number of hydrogen-bond donors (Lipinski definition) is 3. The third kappa shape index (κ3) is 4.37. The Morgan fingerprint density at radius 1 is 1.36 bits per heavy atom. The monoisotopic (exact) mass is 403 g/mol. The van der Waals surface area contributed by atoms with Gasteiger partial charge in [-0.15, -0.1) is 0 Å². The molecule has 3 aromatic rings. The molecule has 1 aromatic carbocycles. The van der Waals surface area contributed by atoms with E-state index in [1.807, 2.05) is 0 Å². The van der Waals surface area contributed by atoms with Crippen molar-refractivity contribution in [2.24, 2.45) is 0 Å². The summed E-state index contributed by atoms with van der Waals surface area (Å²) in [4.78, 5) is 30.3. The molecular formula is C19H18FN3O4S. The summed E-state index contributed by atoms with van der Waals surface area (Å²) in [5.74, 6) is -0.891. The van der Waals surface area contributed by atoms with Gasteiger partial charge >= 0.3 is 4.87 Å². The second kappa shape index (κ2) is 8.22. The number of ether oxygens (including phenoxy) is 1. The minimum Gasteiger partial charge on any atom is -0.494 e. The maximum Gasteiger partial charge on any atom is 0.307 e. The van der Waals surface area contributed by atoms with Gasteiger partial charge in [-0.05, 0) is 30.7 Å². The van der Waals surface area contributed by atoms with Crippen LogP contribution in [-0.2, 0) is 13.0 Å². The number of aromatic nitrogens is 2. The van der Waals surface area contributed by atoms with Crippen LogP contribution in [0.2, 0.25) is 0 Å². The van der Waals surface area contributed by atoms with Crippen LogP contribution in [0.25, 0.3) is 0 Å². The van der Waals surface area contributed by atoms with Crippen molar-refractivity contribution in [2.75, 3.05) is 7.11 Å². The molecule has 0 radical (unpaired) electrons. The lowest BCUT2D eigenvalue weighted by molar-refractivity contribution is 0.0946. The Balaban J connectivity index is 1.74. The van der Waals surface area contributed by atoms with Crippen LogP contribution in [0, 0.1) is 12.7 Å². The van der Waals surface area contributed by atoms with Crippen molar-refractivity contribution in [1.29, 1.82) is 0 Å². The molecule has 1 amide bonds. The van der Waals surface area contributed by atoms with Gasteiger partial charge < -0.3 is 15.2 Å². The fourth-order valence-corrected chi connectivity index (χ4v) is 3.42. The number of hydrogen-bond acceptors (Lipinski definition) is 6. The highest BCUT2D eigenvalue weighted by atomic mass is 32.1. The van der Waals surface area contributed by atoms with Gasteiger partial charge in [0, 0.05) is 24.2 Å². The first kappa shape index (κ1) is 19.6. The van der Waals surface area contributed by atoms with Gasteiger partial charge in [0.25, 0.3) is 5.91 Å². The molecule has 0 atom stereocenters. The third-order valence-electron chi connectivity index (χ3n) is 4.05. The van der Waals surface area contributed by atoms with Crippen LogP contribution in [-0.4, -0.2) is 28.1 Å². The summed E-state index contributed by atoms with van der Waals surface area (Å²) in [6.07, 6.45) is 0.270. The van der Waals surface area contributed by atoms with Gasteiger partial charge in [0.15, 0.2) is 0 Å². The predicted octanol–water partition coefficient (Wildman–Crippen LogP) is 2.51. The largest absolute Gasteiger partial charge is 0.494 e. The minimum atomic E-state index is -0.468. The molecule has 3 N–H and O–H groups in total. The molecule has 146 valence electrons. The molecule has 2 heterocycles. The number of benzene rings is 1. The van der Waals surface area contributed by atoms with Gasteiger partial charge in [-0.3, -0.25) is 14.6 Å². The van der Waals surface area contributed by atoms with E-state index in [1.165, 1.54) is 13.2 Å². The Kier molecular flexibility index (Phi) is 5.74. The molecule has 9 heteroatoms. The van der Waals surface area contributed by atoms with Crippen molar-refractivity contribution in [3.8, 4) is 11.8 Å². The molecular weight excluding hydrogens is 385 g/mol. The van der Waals surface area contributed by atoms with Gasteiger partial charge in [0.1, 0.15) is 11.4 Å². The van der Waals surface area contributed by atoms with E-state index in [0.717, 1.165) is 11.3 Å². The maximum atomic E-state index is 14.2. The van der Waals surface area contributed by atoms with E-state index in [1.54, 1.807) is 31.2 Å². The van der Waals surface area contributed by atoms with E-state index >= 15 is 0 Å². The number of amides is 1. The number of aryl methyl sites for hydroxylation is 1. The highest BCUT2D eigenvalue weighted by Crippen LogP contribution is 2.22. The Hall–Kier alpha value is -3.20. The Bertz CT molecular complexity index is 1080. The molecule has 0 saturated carbocycles. The summed E-state index contributed by atoms with van der Waals surface area (Å²) >= 11 is 0.895. The van der Waals surface area contributed by atoms with Crippen molar-refractivity contribution in [1.82, 2.24) is 15.3 Å². The first-order valence-electron chi connectivity index (χ1n) is 8.35. The van der Waals surface area contributed by atoms with E-state index in [2.05, 4.69) is 15.3 Å². The van der Waals surface area contributed by atoms with Gasteiger partial charge in [0.2, 0.25) is 11.8 Å². The summed E-state index contributed by atoms with van der Waals surface area (Å²) in [6, 6.07) is 7.73. The Labute approximate surface area is 163 Å². The van der Waals surface area contributed by atoms with Gasteiger partial charge in [0.05, 0.1) is 12.0 Å². The van der Waals surface area contributed by atoms with Crippen LogP contribution in [0.4, 0.5) is 4.39 Å².